The zero-order valence-corrected chi connectivity index (χ0v) is 49.7. The van der Waals surface area contributed by atoms with Crippen LogP contribution in [0.25, 0.3) is 33.3 Å². The van der Waals surface area contributed by atoms with Crippen LogP contribution in [0.3, 0.4) is 0 Å². The molecule has 0 saturated heterocycles. The van der Waals surface area contributed by atoms with Crippen LogP contribution in [0.4, 0.5) is 23.4 Å². The minimum absolute atomic E-state index is 0.135. The number of oxazole rings is 3. The number of H-pyrrole nitrogens is 2. The van der Waals surface area contributed by atoms with Crippen molar-refractivity contribution in [2.24, 2.45) is 4.99 Å². The molecule has 454 valence electrons. The number of nitrogens with zero attached hydrogens (tertiary/aromatic N) is 10. The van der Waals surface area contributed by atoms with Crippen molar-refractivity contribution in [1.82, 2.24) is 50.3 Å². The molecule has 0 fully saturated rings. The minimum Gasteiger partial charge on any atom is -0.465 e. The molecule has 0 radical (unpaired) electrons. The van der Waals surface area contributed by atoms with Gasteiger partial charge in [-0.05, 0) is 93.1 Å². The number of benzene rings is 3. The van der Waals surface area contributed by atoms with Gasteiger partial charge in [-0.1, -0.05) is 36.4 Å². The number of fused-ring (bicyclic) bond motifs is 6. The Hall–Kier alpha value is -11.3. The summed E-state index contributed by atoms with van der Waals surface area (Å²) in [6.45, 7) is 13.9. The van der Waals surface area contributed by atoms with Gasteiger partial charge in [-0.25, -0.2) is 25.0 Å². The molecule has 11 heterocycles. The van der Waals surface area contributed by atoms with E-state index in [9.17, 15) is 24.0 Å². The second kappa shape index (κ2) is 25.3. The van der Waals surface area contributed by atoms with Crippen molar-refractivity contribution in [3.8, 4) is 0 Å². The Labute approximate surface area is 507 Å². The summed E-state index contributed by atoms with van der Waals surface area (Å²) >= 11 is 0. The molecule has 25 nitrogen and oxygen atoms in total. The number of carbonyl (C=O) groups excluding carboxylic acids is 3. The molecule has 1 amide bonds. The molecule has 3 aliphatic rings. The molecular weight excluding hydrogens is 1140 g/mol. The van der Waals surface area contributed by atoms with Crippen LogP contribution in [0.5, 0.6) is 0 Å². The maximum absolute atomic E-state index is 12.1. The van der Waals surface area contributed by atoms with Gasteiger partial charge in [0.25, 0.3) is 17.9 Å². The summed E-state index contributed by atoms with van der Waals surface area (Å²) in [6.07, 6.45) is 19.2. The summed E-state index contributed by atoms with van der Waals surface area (Å²) in [5.41, 5.74) is 17.9. The highest BCUT2D eigenvalue weighted by Crippen LogP contribution is 2.45. The van der Waals surface area contributed by atoms with Gasteiger partial charge in [0.15, 0.2) is 23.1 Å². The van der Waals surface area contributed by atoms with E-state index in [1.807, 2.05) is 60.0 Å². The maximum Gasteiger partial charge on any atom is 0.338 e. The highest BCUT2D eigenvalue weighted by atomic mass is 16.5. The number of anilines is 3. The molecule has 0 aliphatic carbocycles. The highest BCUT2D eigenvalue weighted by Gasteiger charge is 2.43. The summed E-state index contributed by atoms with van der Waals surface area (Å²) in [5, 5.41) is 8.98. The molecule has 14 rings (SSSR count). The second-order valence-electron chi connectivity index (χ2n) is 21.9. The van der Waals surface area contributed by atoms with Crippen LogP contribution in [-0.2, 0) is 45.7 Å². The van der Waals surface area contributed by atoms with E-state index in [1.54, 1.807) is 104 Å². The number of aromatic nitrogens is 8. The minimum atomic E-state index is -0.522. The number of hydrogen-bond donors (Lipinski definition) is 5. The average molecular weight is 1200 g/mol. The first kappa shape index (κ1) is 60.8. The van der Waals surface area contributed by atoms with E-state index < -0.39 is 11.4 Å². The lowest BCUT2D eigenvalue weighted by Crippen LogP contribution is -2.35. The Morgan fingerprint density at radius 3 is 1.56 bits per heavy atom. The van der Waals surface area contributed by atoms with Gasteiger partial charge in [0, 0.05) is 98.9 Å². The van der Waals surface area contributed by atoms with E-state index in [0.29, 0.717) is 76.2 Å². The van der Waals surface area contributed by atoms with Crippen molar-refractivity contribution in [2.75, 3.05) is 29.8 Å². The van der Waals surface area contributed by atoms with Crippen molar-refractivity contribution in [1.29, 1.82) is 0 Å². The number of esters is 2. The predicted octanol–water partition coefficient (Wildman–Crippen LogP) is 9.61. The van der Waals surface area contributed by atoms with E-state index in [2.05, 4.69) is 77.5 Å². The normalized spacial score (nSPS) is 14.4. The van der Waals surface area contributed by atoms with Crippen LogP contribution >= 0.6 is 0 Å². The summed E-state index contributed by atoms with van der Waals surface area (Å²) in [6, 6.07) is 26.0. The van der Waals surface area contributed by atoms with Crippen LogP contribution in [-0.4, -0.2) is 88.4 Å². The molecule has 0 spiro atoms. The smallest absolute Gasteiger partial charge is 0.338 e. The third-order valence-corrected chi connectivity index (χ3v) is 15.6. The first-order valence-electron chi connectivity index (χ1n) is 27.7. The van der Waals surface area contributed by atoms with Gasteiger partial charge in [0.2, 0.25) is 10.9 Å². The van der Waals surface area contributed by atoms with Gasteiger partial charge in [-0.3, -0.25) is 34.5 Å². The van der Waals surface area contributed by atoms with Gasteiger partial charge >= 0.3 is 11.9 Å². The number of nitrogens with one attached hydrogen (secondary N) is 3. The van der Waals surface area contributed by atoms with Crippen molar-refractivity contribution in [3.63, 3.8) is 0 Å². The molecule has 25 heteroatoms. The molecule has 11 aromatic rings. The SMILES string of the molecule is CC1(C)c2cccc(C(=O)NO)c2CN1c1nc2cnccc2o1.COC(=O)c1cccc2c1CN(C=Nc1c[nH]ccc1=O)C2(C)C.COC(=O)c1cccc2c1CN(c1nc3cnccc3o1)C2(C)C.Nc1c[nH]ccc1=O.c1cc2ocnc2cn1. The number of hydroxylamine groups is 1. The van der Waals surface area contributed by atoms with Crippen molar-refractivity contribution >= 4 is 80.9 Å². The number of nitrogens with two attached hydrogens (primary N) is 1. The lowest BCUT2D eigenvalue weighted by molar-refractivity contribution is 0.0590. The number of aliphatic imine (C=N–C) groups is 1. The largest absolute Gasteiger partial charge is 0.465 e. The Kier molecular flexibility index (Phi) is 17.3. The Balaban J connectivity index is 0.000000130. The zero-order chi connectivity index (χ0) is 63.2. The molecule has 0 saturated carbocycles. The summed E-state index contributed by atoms with van der Waals surface area (Å²) < 4.78 is 26.5. The third-order valence-electron chi connectivity index (χ3n) is 15.6. The number of carbonyl (C=O) groups is 3. The van der Waals surface area contributed by atoms with E-state index in [-0.39, 0.29) is 39.6 Å². The lowest BCUT2D eigenvalue weighted by Gasteiger charge is -2.30. The fourth-order valence-electron chi connectivity index (χ4n) is 10.7. The van der Waals surface area contributed by atoms with Crippen LogP contribution in [0.15, 0.2) is 181 Å². The van der Waals surface area contributed by atoms with E-state index in [4.69, 9.17) is 33.7 Å². The lowest BCUT2D eigenvalue weighted by atomic mass is 9.91. The van der Waals surface area contributed by atoms with Crippen LogP contribution in [0.1, 0.15) is 106 Å². The fourth-order valence-corrected chi connectivity index (χ4v) is 10.7. The van der Waals surface area contributed by atoms with Crippen LogP contribution < -0.4 is 31.9 Å². The monoisotopic (exact) mass is 1200 g/mol. The van der Waals surface area contributed by atoms with Crippen LogP contribution in [0, 0.1) is 0 Å². The number of hydrogen-bond acceptors (Lipinski definition) is 21. The standard InChI is InChI=1S/C18H17N3O3.C18H19N3O3.C17H16N4O3.C6H4N2O.C5H6N2O/c1-18(2)13-6-4-5-11(16(22)23-3)12(13)10-21(18)17-20-14-9-19-8-7-15(14)24-17;1-18(2)14-6-4-5-12(17(23)24-3)13(14)10-21(18)11-20-15-9-19-8-7-16(15)22;1-17(2)12-5-3-4-10(15(22)20-23)11(12)9-21(17)16-19-13-8-18-7-6-14(13)24-16;1-2-7-3-5-6(1)9-4-8-5;6-4-3-7-2-1-5(4)8/h4-9H,10H2,1-3H3;4-9,11H,10H2,1-3H3,(H,19,22);3-8,23H,9H2,1-2H3,(H,20,22);1-4H;1-3H,6H2,(H,7,8). The molecule has 0 atom stereocenters. The molecule has 0 bridgehead atoms. The Morgan fingerprint density at radius 2 is 1.09 bits per heavy atom. The second-order valence-corrected chi connectivity index (χ2v) is 21.9. The fraction of sp³-hybridized carbons (Fsp3) is 0.219. The number of rotatable bonds is 7. The predicted molar refractivity (Wildman–Crippen MR) is 330 cm³/mol. The topological polar surface area (TPSA) is 333 Å². The van der Waals surface area contributed by atoms with E-state index in [0.717, 1.165) is 44.5 Å². The molecule has 89 heavy (non-hydrogen) atoms. The third kappa shape index (κ3) is 12.3. The summed E-state index contributed by atoms with van der Waals surface area (Å²) in [7, 11) is 2.77. The Bertz CT molecular complexity index is 4310. The highest BCUT2D eigenvalue weighted by molar-refractivity contribution is 5.96. The first-order valence-corrected chi connectivity index (χ1v) is 27.7. The van der Waals surface area contributed by atoms with Gasteiger partial charge in [-0.2, -0.15) is 9.97 Å². The molecule has 3 aliphatic heterocycles. The van der Waals surface area contributed by atoms with Gasteiger partial charge in [0.1, 0.15) is 22.2 Å². The summed E-state index contributed by atoms with van der Waals surface area (Å²) in [5.74, 6) is -1.20. The number of methoxy groups -OCH3 is 2. The zero-order valence-electron chi connectivity index (χ0n) is 49.7. The maximum atomic E-state index is 12.1. The van der Waals surface area contributed by atoms with Crippen molar-refractivity contribution < 1.29 is 42.3 Å². The molecule has 6 N–H and O–H groups in total. The number of aromatic amines is 2. The molecule has 3 aromatic carbocycles. The quantitative estimate of drug-likeness (QED) is 0.0326. The van der Waals surface area contributed by atoms with Crippen LogP contribution in [0.2, 0.25) is 0 Å². The molecule has 8 aromatic heterocycles. The number of nitrogen functional groups attached to an aromatic ring is 1. The van der Waals surface area contributed by atoms with Gasteiger partial charge in [0.05, 0.1) is 72.6 Å². The number of amides is 1. The van der Waals surface area contributed by atoms with E-state index >= 15 is 0 Å². The first-order chi connectivity index (χ1) is 42.8. The van der Waals surface area contributed by atoms with Gasteiger partial charge in [-0.15, -0.1) is 0 Å². The Morgan fingerprint density at radius 1 is 0.618 bits per heavy atom. The van der Waals surface area contributed by atoms with Crippen molar-refractivity contribution in [3.05, 3.63) is 224 Å². The molecular formula is C64H62N14O11. The van der Waals surface area contributed by atoms with E-state index in [1.165, 1.54) is 38.9 Å². The number of ether oxygens (including phenoxy) is 2. The van der Waals surface area contributed by atoms with Crippen molar-refractivity contribution in [2.45, 2.75) is 77.8 Å². The van der Waals surface area contributed by atoms with Gasteiger partial charge < -0.3 is 53.1 Å². The number of pyridine rings is 5. The summed E-state index contributed by atoms with van der Waals surface area (Å²) in [4.78, 5) is 99.1. The average Bonchev–Trinajstić information content (AvgIpc) is 1.86. The molecule has 0 unspecified atom stereocenters.